The van der Waals surface area contributed by atoms with E-state index in [-0.39, 0.29) is 17.6 Å². The summed E-state index contributed by atoms with van der Waals surface area (Å²) in [5.74, 6) is 4.18. The molecule has 8 rings (SSSR count). The Morgan fingerprint density at radius 3 is 2.04 bits per heavy atom. The maximum absolute atomic E-state index is 12.3. The predicted octanol–water partition coefficient (Wildman–Crippen LogP) is 7.05. The number of hydrogen-bond donors (Lipinski definition) is 4. The van der Waals surface area contributed by atoms with Crippen LogP contribution in [0.1, 0.15) is 38.5 Å². The standard InChI is InChI=1S/C41H44N12O2S2/c1-56-33-23-45-40(46-24-33)51-30-10-8-28(19-30)49-36-12-7-27(22-44-36)35-5-4-14-43-39(35)55-17-18-57-34-25-47-41(48-26-34)52-31-11-9-29(20-31)50-37-21-32(13-15-42-37)53-16-3-2-6-38(53)54/h2-7,12-16,21-26,28-31H,8-11,17-20H2,1H3,(H,42,50)(H,44,49)(H,45,46,51)(H,47,48,52)/t28-,29-,30?,31-/m0/s1. The lowest BCUT2D eigenvalue weighted by Gasteiger charge is -2.16. The molecule has 2 saturated carbocycles. The summed E-state index contributed by atoms with van der Waals surface area (Å²) in [5, 5.41) is 14.1. The lowest BCUT2D eigenvalue weighted by Crippen LogP contribution is -2.22. The van der Waals surface area contributed by atoms with Gasteiger partial charge in [-0.2, -0.15) is 0 Å². The van der Waals surface area contributed by atoms with E-state index in [1.165, 1.54) is 0 Å². The number of thioether (sulfide) groups is 2. The van der Waals surface area contributed by atoms with Crippen molar-refractivity contribution < 1.29 is 4.74 Å². The van der Waals surface area contributed by atoms with Crippen molar-refractivity contribution >= 4 is 47.1 Å². The minimum atomic E-state index is -0.0759. The molecule has 4 atom stereocenters. The summed E-state index contributed by atoms with van der Waals surface area (Å²) in [6, 6.07) is 18.0. The zero-order valence-electron chi connectivity index (χ0n) is 31.5. The summed E-state index contributed by atoms with van der Waals surface area (Å²) in [6.45, 7) is 0.474. The van der Waals surface area contributed by atoms with Crippen LogP contribution in [-0.4, -0.2) is 82.2 Å². The van der Waals surface area contributed by atoms with E-state index in [1.807, 2.05) is 73.6 Å². The number of nitrogens with zero attached hydrogens (tertiary/aromatic N) is 8. The third-order valence-electron chi connectivity index (χ3n) is 10.0. The number of pyridine rings is 4. The first-order valence-corrected chi connectivity index (χ1v) is 21.3. The molecule has 16 heteroatoms. The van der Waals surface area contributed by atoms with Gasteiger partial charge in [0.25, 0.3) is 5.56 Å². The molecule has 0 aliphatic heterocycles. The van der Waals surface area contributed by atoms with Gasteiger partial charge in [-0.15, -0.1) is 23.5 Å². The van der Waals surface area contributed by atoms with E-state index in [1.54, 1.807) is 58.8 Å². The van der Waals surface area contributed by atoms with Gasteiger partial charge in [0.15, 0.2) is 0 Å². The Balaban J connectivity index is 0.761. The van der Waals surface area contributed by atoms with Crippen LogP contribution in [0.2, 0.25) is 0 Å². The van der Waals surface area contributed by atoms with Gasteiger partial charge in [0.1, 0.15) is 11.6 Å². The zero-order valence-corrected chi connectivity index (χ0v) is 33.1. The Morgan fingerprint density at radius 1 is 0.684 bits per heavy atom. The molecule has 57 heavy (non-hydrogen) atoms. The van der Waals surface area contributed by atoms with Gasteiger partial charge in [0, 0.05) is 113 Å². The van der Waals surface area contributed by atoms with Gasteiger partial charge in [0.05, 0.1) is 12.3 Å². The van der Waals surface area contributed by atoms with Gasteiger partial charge >= 0.3 is 0 Å². The normalized spacial score (nSPS) is 18.9. The third kappa shape index (κ3) is 10.2. The van der Waals surface area contributed by atoms with E-state index in [9.17, 15) is 4.79 Å². The van der Waals surface area contributed by atoms with Crippen LogP contribution in [0.15, 0.2) is 119 Å². The molecule has 4 N–H and O–H groups in total. The van der Waals surface area contributed by atoms with Gasteiger partial charge < -0.3 is 26.0 Å². The number of hydrogen-bond acceptors (Lipinski definition) is 15. The molecule has 2 aliphatic rings. The Labute approximate surface area is 339 Å². The van der Waals surface area contributed by atoms with Crippen LogP contribution in [0.5, 0.6) is 5.88 Å². The Morgan fingerprint density at radius 2 is 1.37 bits per heavy atom. The molecular weight excluding hydrogens is 757 g/mol. The lowest BCUT2D eigenvalue weighted by molar-refractivity contribution is 0.332. The highest BCUT2D eigenvalue weighted by Crippen LogP contribution is 2.30. The van der Waals surface area contributed by atoms with Gasteiger partial charge in [-0.3, -0.25) is 9.36 Å². The average molecular weight is 801 g/mol. The van der Waals surface area contributed by atoms with E-state index in [0.29, 0.717) is 42.2 Å². The van der Waals surface area contributed by atoms with Crippen LogP contribution in [0.25, 0.3) is 16.8 Å². The van der Waals surface area contributed by atoms with Crippen LogP contribution in [0.3, 0.4) is 0 Å². The van der Waals surface area contributed by atoms with Crippen molar-refractivity contribution in [1.82, 2.24) is 39.5 Å². The fourth-order valence-electron chi connectivity index (χ4n) is 7.18. The topological polar surface area (TPSA) is 170 Å². The van der Waals surface area contributed by atoms with Crippen molar-refractivity contribution in [2.45, 2.75) is 72.5 Å². The monoisotopic (exact) mass is 800 g/mol. The maximum Gasteiger partial charge on any atom is 0.255 e. The van der Waals surface area contributed by atoms with Crippen molar-refractivity contribution in [3.63, 3.8) is 0 Å². The van der Waals surface area contributed by atoms with E-state index in [2.05, 4.69) is 57.2 Å². The molecule has 0 amide bonds. The minimum Gasteiger partial charge on any atom is -0.476 e. The third-order valence-corrected chi connectivity index (χ3v) is 11.6. The van der Waals surface area contributed by atoms with Crippen LogP contribution in [-0.2, 0) is 0 Å². The highest BCUT2D eigenvalue weighted by molar-refractivity contribution is 7.99. The summed E-state index contributed by atoms with van der Waals surface area (Å²) in [6.07, 6.45) is 22.5. The van der Waals surface area contributed by atoms with E-state index in [0.717, 1.165) is 76.8 Å². The second kappa shape index (κ2) is 18.5. The molecule has 14 nitrogen and oxygen atoms in total. The smallest absolute Gasteiger partial charge is 0.255 e. The molecular formula is C41H44N12O2S2. The minimum absolute atomic E-state index is 0.0759. The Kier molecular flexibility index (Phi) is 12.4. The molecule has 0 spiro atoms. The summed E-state index contributed by atoms with van der Waals surface area (Å²) < 4.78 is 7.76. The molecule has 0 bridgehead atoms. The quantitative estimate of drug-likeness (QED) is 0.0580. The first-order valence-electron chi connectivity index (χ1n) is 19.1. The molecule has 0 aromatic carbocycles. The highest BCUT2D eigenvalue weighted by Gasteiger charge is 2.27. The average Bonchev–Trinajstić information content (AvgIpc) is 3.89. The number of ether oxygens (including phenoxy) is 1. The molecule has 2 fully saturated rings. The first-order chi connectivity index (χ1) is 28.0. The Hall–Kier alpha value is -5.74. The largest absolute Gasteiger partial charge is 0.476 e. The van der Waals surface area contributed by atoms with Crippen molar-refractivity contribution in [1.29, 1.82) is 0 Å². The molecule has 6 heterocycles. The summed E-state index contributed by atoms with van der Waals surface area (Å²) >= 11 is 3.27. The van der Waals surface area contributed by atoms with Crippen molar-refractivity contribution in [2.75, 3.05) is 39.9 Å². The fraction of sp³-hybridized carbons (Fsp3) is 0.317. The summed E-state index contributed by atoms with van der Waals surface area (Å²) in [5.41, 5.74) is 2.55. The van der Waals surface area contributed by atoms with Gasteiger partial charge in [0.2, 0.25) is 17.8 Å². The molecule has 0 radical (unpaired) electrons. The Bertz CT molecular complexity index is 2280. The summed E-state index contributed by atoms with van der Waals surface area (Å²) in [4.78, 5) is 46.0. The molecule has 2 aliphatic carbocycles. The van der Waals surface area contributed by atoms with Gasteiger partial charge in [-0.05, 0) is 81.2 Å². The molecule has 1 unspecified atom stereocenters. The molecule has 6 aromatic rings. The zero-order chi connectivity index (χ0) is 38.8. The lowest BCUT2D eigenvalue weighted by atomic mass is 10.1. The first kappa shape index (κ1) is 38.1. The predicted molar refractivity (Wildman–Crippen MR) is 227 cm³/mol. The van der Waals surface area contributed by atoms with Gasteiger partial charge in [-0.25, -0.2) is 34.9 Å². The molecule has 6 aromatic heterocycles. The van der Waals surface area contributed by atoms with Crippen molar-refractivity contribution in [3.8, 4) is 22.7 Å². The fourth-order valence-corrected chi connectivity index (χ4v) is 8.16. The van der Waals surface area contributed by atoms with E-state index in [4.69, 9.17) is 9.72 Å². The second-order valence-electron chi connectivity index (χ2n) is 14.0. The van der Waals surface area contributed by atoms with Crippen LogP contribution < -0.4 is 31.6 Å². The molecule has 0 saturated heterocycles. The van der Waals surface area contributed by atoms with Crippen LogP contribution in [0, 0.1) is 0 Å². The van der Waals surface area contributed by atoms with E-state index >= 15 is 0 Å². The maximum atomic E-state index is 12.3. The van der Waals surface area contributed by atoms with Crippen molar-refractivity contribution in [3.05, 3.63) is 115 Å². The summed E-state index contributed by atoms with van der Waals surface area (Å²) in [7, 11) is 0. The second-order valence-corrected chi connectivity index (χ2v) is 16.0. The SMILES string of the molecule is CSc1cnc(NC2CC[C@H](Nc3ccc(-c4cccnc4OCCSc4cnc(N[C@H]5CC[C@H](Nc6cc(-n7ccccc7=O)ccn6)C5)nc4)cn3)C2)nc1. The number of anilines is 4. The van der Waals surface area contributed by atoms with Crippen LogP contribution in [0.4, 0.5) is 23.5 Å². The number of nitrogens with one attached hydrogen (secondary N) is 4. The molecule has 292 valence electrons. The van der Waals surface area contributed by atoms with E-state index < -0.39 is 0 Å². The van der Waals surface area contributed by atoms with Crippen molar-refractivity contribution in [2.24, 2.45) is 0 Å². The number of aromatic nitrogens is 8. The highest BCUT2D eigenvalue weighted by atomic mass is 32.2. The number of rotatable bonds is 16. The van der Waals surface area contributed by atoms with Crippen LogP contribution >= 0.6 is 23.5 Å². The van der Waals surface area contributed by atoms with Gasteiger partial charge in [-0.1, -0.05) is 6.07 Å².